The fraction of sp³-hybridized carbons (Fsp3) is 0.600. The molecular weight excluding hydrogens is 503 g/mol. The minimum Gasteiger partial charge on any atom is -0.387 e. The van der Waals surface area contributed by atoms with Crippen LogP contribution in [0.4, 0.5) is 5.69 Å². The summed E-state index contributed by atoms with van der Waals surface area (Å²) in [4.78, 5) is 22.5. The monoisotopic (exact) mass is 530 g/mol. The van der Waals surface area contributed by atoms with Gasteiger partial charge in [0.15, 0.2) is 27.2 Å². The summed E-state index contributed by atoms with van der Waals surface area (Å²) in [7, 11) is -9.17. The largest absolute Gasteiger partial charge is 0.387 e. The Balaban J connectivity index is 1.66. The maximum atomic E-state index is 12.2. The number of aromatic nitrogens is 3. The number of aliphatic hydroxyl groups excluding tert-OH is 3. The number of sulfone groups is 1. The number of aliphatic hydroxyl groups is 3. The lowest BCUT2D eigenvalue weighted by Gasteiger charge is -2.17. The molecule has 4 atom stereocenters. The zero-order valence-corrected chi connectivity index (χ0v) is 20.3. The maximum Gasteiger partial charge on any atom is 0.340 e. The van der Waals surface area contributed by atoms with E-state index < -0.39 is 53.2 Å². The fourth-order valence-corrected chi connectivity index (χ4v) is 7.68. The van der Waals surface area contributed by atoms with Crippen LogP contribution in [-0.2, 0) is 19.1 Å². The molecule has 13 nitrogen and oxygen atoms in total. The van der Waals surface area contributed by atoms with Crippen molar-refractivity contribution in [3.05, 3.63) is 18.0 Å². The van der Waals surface area contributed by atoms with E-state index in [1.54, 1.807) is 6.07 Å². The van der Waals surface area contributed by atoms with Crippen LogP contribution in [0.15, 0.2) is 12.3 Å². The van der Waals surface area contributed by atoms with E-state index in [1.165, 1.54) is 10.9 Å². The summed E-state index contributed by atoms with van der Waals surface area (Å²) in [5, 5.41) is 38.4. The summed E-state index contributed by atoms with van der Waals surface area (Å²) in [5.41, 5.74) is -0.125. The highest BCUT2D eigenvalue weighted by molar-refractivity contribution is 7.97. The lowest BCUT2D eigenvalue weighted by Crippen LogP contribution is -2.36. The van der Waals surface area contributed by atoms with E-state index in [2.05, 4.69) is 27.2 Å². The van der Waals surface area contributed by atoms with Gasteiger partial charge in [-0.2, -0.15) is 5.10 Å². The summed E-state index contributed by atoms with van der Waals surface area (Å²) in [6, 6.07) is 1.98. The summed E-state index contributed by atoms with van der Waals surface area (Å²) in [6.07, 6.45) is -0.293. The zero-order chi connectivity index (χ0) is 25.4. The molecule has 0 bridgehead atoms. The molecule has 0 amide bonds. The Hall–Kier alpha value is -2.08. The normalized spacial score (nSPS) is 25.6. The molecule has 3 heterocycles. The molecule has 0 aromatic carbocycles. The smallest absolute Gasteiger partial charge is 0.340 e. The van der Waals surface area contributed by atoms with Crippen LogP contribution < -0.4 is 5.32 Å². The van der Waals surface area contributed by atoms with Crippen molar-refractivity contribution in [2.24, 2.45) is 0 Å². The minimum absolute atomic E-state index is 0.251. The third-order valence-electron chi connectivity index (χ3n) is 5.94. The third-order valence-corrected chi connectivity index (χ3v) is 9.69. The topological polar surface area (TPSA) is 204 Å². The van der Waals surface area contributed by atoms with Crippen LogP contribution in [0, 0.1) is 11.8 Å². The number of nitrogens with zero attached hydrogens (tertiary/aromatic N) is 3. The van der Waals surface area contributed by atoms with Crippen molar-refractivity contribution in [2.75, 3.05) is 23.2 Å². The average Bonchev–Trinajstić information content (AvgIpc) is 3.47. The third kappa shape index (κ3) is 6.02. The number of nitrogens with one attached hydrogen (secondary N) is 1. The lowest BCUT2D eigenvalue weighted by atomic mass is 10.1. The van der Waals surface area contributed by atoms with E-state index in [-0.39, 0.29) is 18.3 Å². The van der Waals surface area contributed by atoms with Crippen LogP contribution in [0.1, 0.15) is 37.6 Å². The fourth-order valence-electron chi connectivity index (χ4n) is 4.44. The van der Waals surface area contributed by atoms with E-state index in [1.807, 2.05) is 0 Å². The first kappa shape index (κ1) is 26.0. The van der Waals surface area contributed by atoms with Gasteiger partial charge >= 0.3 is 7.60 Å². The highest BCUT2D eigenvalue weighted by atomic mass is 32.2. The first-order chi connectivity index (χ1) is 16.5. The Morgan fingerprint density at radius 3 is 2.60 bits per heavy atom. The standard InChI is InChI=1S/C20H27N4O9PS/c25-7-3-6-13-8-15(22-12-4-1-2-5-12)14-9-21-24(19(14)23-13)20-18(27)17(26)16(33-20)10-35(31,32)11-34(28,29)30/h8-9,12,16-18,20,25-27H,1-2,4-5,7,10-11H2,(H,22,23)(H2,28,29,30)/t16-,17-,18-,20-/m1/s1. The van der Waals surface area contributed by atoms with Crippen molar-refractivity contribution >= 4 is 34.2 Å². The number of fused-ring (bicyclic) bond motifs is 1. The van der Waals surface area contributed by atoms with Crippen LogP contribution in [0.25, 0.3) is 11.0 Å². The van der Waals surface area contributed by atoms with Crippen LogP contribution in [-0.4, -0.2) is 90.5 Å². The summed E-state index contributed by atoms with van der Waals surface area (Å²) in [6.45, 7) is -0.369. The van der Waals surface area contributed by atoms with Gasteiger partial charge in [-0.3, -0.25) is 4.57 Å². The van der Waals surface area contributed by atoms with E-state index in [4.69, 9.17) is 19.6 Å². The van der Waals surface area contributed by atoms with Gasteiger partial charge in [-0.25, -0.2) is 18.1 Å². The molecule has 4 rings (SSSR count). The van der Waals surface area contributed by atoms with Gasteiger partial charge in [-0.1, -0.05) is 18.8 Å². The number of pyridine rings is 1. The molecule has 15 heteroatoms. The molecule has 0 radical (unpaired) electrons. The van der Waals surface area contributed by atoms with Gasteiger partial charge in [-0.05, 0) is 24.8 Å². The van der Waals surface area contributed by atoms with Gasteiger partial charge in [0.05, 0.1) is 17.3 Å². The Morgan fingerprint density at radius 1 is 1.23 bits per heavy atom. The molecular formula is C20H27N4O9PS. The maximum absolute atomic E-state index is 12.2. The molecule has 2 aromatic rings. The number of rotatable bonds is 7. The van der Waals surface area contributed by atoms with Gasteiger partial charge < -0.3 is 35.2 Å². The van der Waals surface area contributed by atoms with Crippen LogP contribution >= 0.6 is 7.60 Å². The Morgan fingerprint density at radius 2 is 1.94 bits per heavy atom. The molecule has 6 N–H and O–H groups in total. The highest BCUT2D eigenvalue weighted by Gasteiger charge is 2.47. The van der Waals surface area contributed by atoms with Gasteiger partial charge in [0, 0.05) is 11.7 Å². The first-order valence-corrected chi connectivity index (χ1v) is 14.6. The summed E-state index contributed by atoms with van der Waals surface area (Å²) >= 11 is 0. The average molecular weight is 530 g/mol. The second-order valence-electron chi connectivity index (χ2n) is 8.72. The molecule has 1 saturated carbocycles. The molecule has 192 valence electrons. The molecule has 0 unspecified atom stereocenters. The molecule has 35 heavy (non-hydrogen) atoms. The van der Waals surface area contributed by atoms with E-state index in [9.17, 15) is 23.2 Å². The van der Waals surface area contributed by atoms with E-state index in [0.717, 1.165) is 25.7 Å². The number of anilines is 1. The lowest BCUT2D eigenvalue weighted by molar-refractivity contribution is -0.0364. The molecule has 1 saturated heterocycles. The van der Waals surface area contributed by atoms with Crippen molar-refractivity contribution in [2.45, 2.75) is 56.3 Å². The van der Waals surface area contributed by atoms with Gasteiger partial charge in [-0.15, -0.1) is 0 Å². The van der Waals surface area contributed by atoms with Crippen LogP contribution in [0.3, 0.4) is 0 Å². The zero-order valence-electron chi connectivity index (χ0n) is 18.6. The van der Waals surface area contributed by atoms with Gasteiger partial charge in [0.1, 0.15) is 30.6 Å². The Bertz CT molecular complexity index is 1290. The molecule has 1 aliphatic heterocycles. The van der Waals surface area contributed by atoms with Crippen LogP contribution in [0.2, 0.25) is 0 Å². The van der Waals surface area contributed by atoms with Crippen molar-refractivity contribution in [3.8, 4) is 11.8 Å². The highest BCUT2D eigenvalue weighted by Crippen LogP contribution is 2.38. The molecule has 2 aromatic heterocycles. The predicted octanol–water partition coefficient (Wildman–Crippen LogP) is -0.701. The second kappa shape index (κ2) is 10.1. The molecule has 2 aliphatic rings. The quantitative estimate of drug-likeness (QED) is 0.194. The van der Waals surface area contributed by atoms with E-state index in [0.29, 0.717) is 16.8 Å². The summed E-state index contributed by atoms with van der Waals surface area (Å²) < 4.78 is 42.3. The SMILES string of the molecule is O=P(O)(O)CS(=O)(=O)C[C@H]1O[C@@H](n2ncc3c(NC4CCCC4)cc(C#CCO)nc32)[C@H](O)[C@@H]1O. The van der Waals surface area contributed by atoms with Gasteiger partial charge in [0.25, 0.3) is 0 Å². The first-order valence-electron chi connectivity index (χ1n) is 11.0. The number of hydrogen-bond acceptors (Lipinski definition) is 10. The van der Waals surface area contributed by atoms with Gasteiger partial charge in [0.2, 0.25) is 0 Å². The number of hydrogen-bond donors (Lipinski definition) is 6. The van der Waals surface area contributed by atoms with E-state index >= 15 is 0 Å². The Kier molecular flexibility index (Phi) is 7.51. The molecule has 0 spiro atoms. The molecule has 1 aliphatic carbocycles. The predicted molar refractivity (Wildman–Crippen MR) is 124 cm³/mol. The second-order valence-corrected chi connectivity index (χ2v) is 12.9. The Labute approximate surface area is 201 Å². The van der Waals surface area contributed by atoms with Crippen molar-refractivity contribution in [3.63, 3.8) is 0 Å². The van der Waals surface area contributed by atoms with Crippen molar-refractivity contribution in [1.82, 2.24) is 14.8 Å². The summed E-state index contributed by atoms with van der Waals surface area (Å²) in [5.74, 6) is 4.37. The molecule has 2 fully saturated rings. The van der Waals surface area contributed by atoms with Crippen LogP contribution in [0.5, 0.6) is 0 Å². The minimum atomic E-state index is -4.86. The number of ether oxygens (including phenoxy) is 1. The van der Waals surface area contributed by atoms with Crippen molar-refractivity contribution in [1.29, 1.82) is 0 Å². The van der Waals surface area contributed by atoms with Crippen molar-refractivity contribution < 1.29 is 42.8 Å².